The molecule has 2 fully saturated rings. The van der Waals surface area contributed by atoms with Crippen molar-refractivity contribution in [1.82, 2.24) is 4.90 Å². The molecule has 2 aliphatic carbocycles. The number of hydrogen-bond donors (Lipinski definition) is 1. The molecule has 5 heteroatoms. The lowest BCUT2D eigenvalue weighted by atomic mass is 9.75. The molecule has 3 atom stereocenters. The molecule has 5 rings (SSSR count). The highest BCUT2D eigenvalue weighted by Crippen LogP contribution is 2.45. The summed E-state index contributed by atoms with van der Waals surface area (Å²) in [6.45, 7) is 0.533. The molecule has 1 saturated heterocycles. The maximum atomic E-state index is 13.1. The fourth-order valence-corrected chi connectivity index (χ4v) is 5.75. The van der Waals surface area contributed by atoms with Crippen molar-refractivity contribution in [3.05, 3.63) is 59.7 Å². The van der Waals surface area contributed by atoms with Crippen molar-refractivity contribution in [2.75, 3.05) is 13.2 Å². The lowest BCUT2D eigenvalue weighted by Crippen LogP contribution is -2.54. The predicted octanol–water partition coefficient (Wildman–Crippen LogP) is 4.90. The largest absolute Gasteiger partial charge is 0.481 e. The number of piperidine rings is 1. The van der Waals surface area contributed by atoms with E-state index in [0.29, 0.717) is 6.42 Å². The number of carbonyl (C=O) groups excluding carboxylic acids is 1. The van der Waals surface area contributed by atoms with Gasteiger partial charge in [0.1, 0.15) is 6.61 Å². The average molecular weight is 405 g/mol. The van der Waals surface area contributed by atoms with Gasteiger partial charge in [0, 0.05) is 18.5 Å². The summed E-state index contributed by atoms with van der Waals surface area (Å²) < 4.78 is 5.85. The maximum absolute atomic E-state index is 13.1. The first-order chi connectivity index (χ1) is 14.6. The van der Waals surface area contributed by atoms with Crippen molar-refractivity contribution in [3.8, 4) is 11.1 Å². The molecule has 5 nitrogen and oxygen atoms in total. The van der Waals surface area contributed by atoms with Gasteiger partial charge in [0.15, 0.2) is 0 Å². The average Bonchev–Trinajstić information content (AvgIpc) is 3.10. The second-order valence-electron chi connectivity index (χ2n) is 8.84. The molecule has 1 heterocycles. The fourth-order valence-electron chi connectivity index (χ4n) is 5.75. The second-order valence-corrected chi connectivity index (χ2v) is 8.84. The first kappa shape index (κ1) is 19.2. The van der Waals surface area contributed by atoms with E-state index >= 15 is 0 Å². The van der Waals surface area contributed by atoms with Gasteiger partial charge in [-0.3, -0.25) is 4.79 Å². The van der Waals surface area contributed by atoms with E-state index < -0.39 is 11.9 Å². The minimum atomic E-state index is -0.810. The van der Waals surface area contributed by atoms with Crippen LogP contribution in [0.3, 0.4) is 0 Å². The zero-order valence-corrected chi connectivity index (χ0v) is 17.0. The van der Waals surface area contributed by atoms with Crippen LogP contribution < -0.4 is 0 Å². The van der Waals surface area contributed by atoms with E-state index in [1.54, 1.807) is 4.90 Å². The summed E-state index contributed by atoms with van der Waals surface area (Å²) in [6.07, 6.45) is 4.47. The van der Waals surface area contributed by atoms with E-state index in [1.165, 1.54) is 22.3 Å². The van der Waals surface area contributed by atoms with Gasteiger partial charge in [0.25, 0.3) is 0 Å². The molecule has 2 aromatic rings. The van der Waals surface area contributed by atoms with Crippen LogP contribution in [0.4, 0.5) is 4.79 Å². The SMILES string of the molecule is O=C(O)C1CC2CCCCC2N(C(=O)OCC2c3ccccc3-c3ccccc32)C1. The van der Waals surface area contributed by atoms with Gasteiger partial charge in [-0.1, -0.05) is 61.4 Å². The van der Waals surface area contributed by atoms with Crippen molar-refractivity contribution < 1.29 is 19.4 Å². The summed E-state index contributed by atoms with van der Waals surface area (Å²) in [5, 5.41) is 9.57. The van der Waals surface area contributed by atoms with Crippen LogP contribution >= 0.6 is 0 Å². The highest BCUT2D eigenvalue weighted by atomic mass is 16.6. The minimum absolute atomic E-state index is 0.0172. The number of likely N-dealkylation sites (tertiary alicyclic amines) is 1. The van der Waals surface area contributed by atoms with Crippen LogP contribution in [0.25, 0.3) is 11.1 Å². The molecule has 1 saturated carbocycles. The predicted molar refractivity (Wildman–Crippen MR) is 113 cm³/mol. The van der Waals surface area contributed by atoms with Crippen LogP contribution in [-0.2, 0) is 9.53 Å². The first-order valence-corrected chi connectivity index (χ1v) is 11.0. The van der Waals surface area contributed by atoms with Crippen molar-refractivity contribution in [1.29, 1.82) is 0 Å². The molecule has 2 aromatic carbocycles. The molecular weight excluding hydrogens is 378 g/mol. The van der Waals surface area contributed by atoms with E-state index in [2.05, 4.69) is 24.3 Å². The van der Waals surface area contributed by atoms with Gasteiger partial charge < -0.3 is 14.7 Å². The number of benzene rings is 2. The molecular formula is C25H27NO4. The monoisotopic (exact) mass is 405 g/mol. The van der Waals surface area contributed by atoms with Crippen LogP contribution in [0.1, 0.15) is 49.1 Å². The van der Waals surface area contributed by atoms with E-state index in [-0.39, 0.29) is 37.1 Å². The van der Waals surface area contributed by atoms with Crippen LogP contribution in [0.5, 0.6) is 0 Å². The Hall–Kier alpha value is -2.82. The first-order valence-electron chi connectivity index (χ1n) is 11.0. The molecule has 3 aliphatic rings. The normalized spacial score (nSPS) is 25.2. The van der Waals surface area contributed by atoms with Gasteiger partial charge in [0.05, 0.1) is 5.92 Å². The Morgan fingerprint density at radius 1 is 0.967 bits per heavy atom. The number of fused-ring (bicyclic) bond motifs is 4. The third-order valence-electron chi connectivity index (χ3n) is 7.19. The van der Waals surface area contributed by atoms with Gasteiger partial charge in [-0.15, -0.1) is 0 Å². The number of aliphatic carboxylic acids is 1. The van der Waals surface area contributed by atoms with Gasteiger partial charge >= 0.3 is 12.1 Å². The van der Waals surface area contributed by atoms with Gasteiger partial charge in [0.2, 0.25) is 0 Å². The number of ether oxygens (including phenoxy) is 1. The Balaban J connectivity index is 1.35. The lowest BCUT2D eigenvalue weighted by molar-refractivity contribution is -0.145. The molecule has 1 aliphatic heterocycles. The van der Waals surface area contributed by atoms with Crippen LogP contribution in [-0.4, -0.2) is 41.3 Å². The van der Waals surface area contributed by atoms with Gasteiger partial charge in [-0.2, -0.15) is 0 Å². The number of amides is 1. The zero-order chi connectivity index (χ0) is 20.7. The summed E-state index contributed by atoms with van der Waals surface area (Å²) in [4.78, 5) is 26.5. The van der Waals surface area contributed by atoms with E-state index in [0.717, 1.165) is 25.7 Å². The fraction of sp³-hybridized carbons (Fsp3) is 0.440. The number of rotatable bonds is 3. The summed E-state index contributed by atoms with van der Waals surface area (Å²) in [7, 11) is 0. The summed E-state index contributed by atoms with van der Waals surface area (Å²) in [6, 6.07) is 16.7. The lowest BCUT2D eigenvalue weighted by Gasteiger charge is -2.45. The number of carboxylic acid groups (broad SMARTS) is 1. The molecule has 156 valence electrons. The molecule has 1 amide bonds. The maximum Gasteiger partial charge on any atom is 0.410 e. The van der Waals surface area contributed by atoms with E-state index in [4.69, 9.17) is 4.74 Å². The molecule has 0 bridgehead atoms. The van der Waals surface area contributed by atoms with Crippen LogP contribution in [0.2, 0.25) is 0 Å². The third kappa shape index (κ3) is 3.26. The number of carbonyl (C=O) groups is 2. The van der Waals surface area contributed by atoms with Gasteiger partial charge in [-0.05, 0) is 47.4 Å². The van der Waals surface area contributed by atoms with Crippen LogP contribution in [0, 0.1) is 11.8 Å². The topological polar surface area (TPSA) is 66.8 Å². The van der Waals surface area contributed by atoms with Crippen molar-refractivity contribution in [2.45, 2.75) is 44.1 Å². The van der Waals surface area contributed by atoms with Gasteiger partial charge in [-0.25, -0.2) is 4.79 Å². The Bertz CT molecular complexity index is 926. The molecule has 30 heavy (non-hydrogen) atoms. The summed E-state index contributed by atoms with van der Waals surface area (Å²) in [5.41, 5.74) is 4.77. The number of carboxylic acids is 1. The number of hydrogen-bond acceptors (Lipinski definition) is 3. The minimum Gasteiger partial charge on any atom is -0.481 e. The van der Waals surface area contributed by atoms with Crippen molar-refractivity contribution in [2.24, 2.45) is 11.8 Å². The quantitative estimate of drug-likeness (QED) is 0.789. The standard InChI is InChI=1S/C25H27NO4/c27-24(28)17-13-16-7-1-6-12-23(16)26(14-17)25(29)30-15-22-20-10-4-2-8-18(20)19-9-3-5-11-21(19)22/h2-5,8-11,16-17,22-23H,1,6-7,12-15H2,(H,27,28). The Kier molecular flexibility index (Phi) is 4.97. The molecule has 0 spiro atoms. The molecule has 0 aromatic heterocycles. The second kappa shape index (κ2) is 7.78. The zero-order valence-electron chi connectivity index (χ0n) is 17.0. The highest BCUT2D eigenvalue weighted by Gasteiger charge is 2.43. The van der Waals surface area contributed by atoms with Crippen molar-refractivity contribution in [3.63, 3.8) is 0 Å². The van der Waals surface area contributed by atoms with Crippen LogP contribution in [0.15, 0.2) is 48.5 Å². The molecule has 0 radical (unpaired) electrons. The molecule has 1 N–H and O–H groups in total. The van der Waals surface area contributed by atoms with Crippen molar-refractivity contribution >= 4 is 12.1 Å². The van der Waals surface area contributed by atoms with E-state index in [9.17, 15) is 14.7 Å². The summed E-state index contributed by atoms with van der Waals surface area (Å²) >= 11 is 0. The Morgan fingerprint density at radius 2 is 1.60 bits per heavy atom. The highest BCUT2D eigenvalue weighted by molar-refractivity contribution is 5.79. The Morgan fingerprint density at radius 3 is 2.27 bits per heavy atom. The third-order valence-corrected chi connectivity index (χ3v) is 7.19. The summed E-state index contributed by atoms with van der Waals surface area (Å²) in [5.74, 6) is -1.02. The molecule has 3 unspecified atom stereocenters. The number of nitrogens with zero attached hydrogens (tertiary/aromatic N) is 1. The smallest absolute Gasteiger partial charge is 0.410 e. The van der Waals surface area contributed by atoms with E-state index in [1.807, 2.05) is 24.3 Å². The Labute approximate surface area is 176 Å².